The summed E-state index contributed by atoms with van der Waals surface area (Å²) in [6.07, 6.45) is 3.71. The molecular weight excluding hydrogens is 606 g/mol. The van der Waals surface area contributed by atoms with E-state index in [4.69, 9.17) is 22.9 Å². The molecule has 3 aromatic rings. The standard InChI is InChI=1S/C32H45N9O6/c33-14-4-3-7-23(34)28(43)40-26(16-19-10-12-21(42)13-11-19)30(45)39-25(9-5-15-37-32(35)36)29(44)41-27(31(46)47)17-20-18-38-24-8-2-1-6-22(20)24/h1-2,6,8,10-13,18,23,25-27,38,42H,3-5,7,9,14-17,33-34H2,(H,39,45)(H,40,43)(H,41,44)(H,46,47)(H4,35,36,37). The number of carboxylic acids is 1. The fourth-order valence-corrected chi connectivity index (χ4v) is 5.03. The number of carboxylic acid groups (broad SMARTS) is 1. The monoisotopic (exact) mass is 651 g/mol. The second-order valence-corrected chi connectivity index (χ2v) is 11.3. The molecule has 0 fully saturated rings. The zero-order valence-corrected chi connectivity index (χ0v) is 26.2. The van der Waals surface area contributed by atoms with E-state index in [9.17, 15) is 29.4 Å². The van der Waals surface area contributed by atoms with E-state index in [0.29, 0.717) is 36.9 Å². The minimum absolute atomic E-state index is 0.0126. The van der Waals surface area contributed by atoms with Gasteiger partial charge in [-0.2, -0.15) is 0 Å². The number of hydrogen-bond acceptors (Lipinski definition) is 8. The number of aromatic amines is 1. The Morgan fingerprint density at radius 1 is 0.809 bits per heavy atom. The lowest BCUT2D eigenvalue weighted by atomic mass is 10.0. The number of hydrogen-bond donors (Lipinski definition) is 10. The number of amides is 3. The summed E-state index contributed by atoms with van der Waals surface area (Å²) >= 11 is 0. The van der Waals surface area contributed by atoms with E-state index >= 15 is 0 Å². The first kappa shape index (κ1) is 36.3. The largest absolute Gasteiger partial charge is 0.508 e. The van der Waals surface area contributed by atoms with Crippen molar-refractivity contribution in [1.29, 1.82) is 0 Å². The number of aliphatic imine (C=N–C) groups is 1. The smallest absolute Gasteiger partial charge is 0.326 e. The number of H-pyrrole nitrogens is 1. The van der Waals surface area contributed by atoms with Gasteiger partial charge >= 0.3 is 5.97 Å². The van der Waals surface area contributed by atoms with Gasteiger partial charge in [-0.3, -0.25) is 19.4 Å². The minimum Gasteiger partial charge on any atom is -0.508 e. The molecule has 0 aliphatic rings. The molecular formula is C32H45N9O6. The third-order valence-corrected chi connectivity index (χ3v) is 7.61. The van der Waals surface area contributed by atoms with Crippen LogP contribution in [0.2, 0.25) is 0 Å². The van der Waals surface area contributed by atoms with Crippen molar-refractivity contribution in [3.63, 3.8) is 0 Å². The van der Waals surface area contributed by atoms with Crippen molar-refractivity contribution in [3.05, 3.63) is 65.9 Å². The average molecular weight is 652 g/mol. The lowest BCUT2D eigenvalue weighted by Gasteiger charge is -2.25. The van der Waals surface area contributed by atoms with Gasteiger partial charge in [0.15, 0.2) is 5.96 Å². The first-order valence-corrected chi connectivity index (χ1v) is 15.5. The molecule has 0 saturated carbocycles. The number of para-hydroxylation sites is 1. The molecule has 254 valence electrons. The van der Waals surface area contributed by atoms with E-state index in [1.165, 1.54) is 12.1 Å². The molecule has 0 aliphatic carbocycles. The van der Waals surface area contributed by atoms with Crippen molar-refractivity contribution < 1.29 is 29.4 Å². The summed E-state index contributed by atoms with van der Waals surface area (Å²) in [4.78, 5) is 59.5. The number of carbonyl (C=O) groups is 4. The molecule has 0 saturated heterocycles. The van der Waals surface area contributed by atoms with Gasteiger partial charge in [0.1, 0.15) is 23.9 Å². The Morgan fingerprint density at radius 2 is 1.47 bits per heavy atom. The molecule has 3 amide bonds. The normalized spacial score (nSPS) is 13.6. The third-order valence-electron chi connectivity index (χ3n) is 7.61. The number of phenolic OH excluding ortho intramolecular Hbond substituents is 1. The number of benzene rings is 2. The summed E-state index contributed by atoms with van der Waals surface area (Å²) in [5.41, 5.74) is 24.6. The van der Waals surface area contributed by atoms with Crippen LogP contribution in [0.5, 0.6) is 5.75 Å². The highest BCUT2D eigenvalue weighted by atomic mass is 16.4. The molecule has 1 aromatic heterocycles. The molecule has 4 unspecified atom stereocenters. The summed E-state index contributed by atoms with van der Waals surface area (Å²) in [7, 11) is 0. The number of rotatable bonds is 19. The van der Waals surface area contributed by atoms with Crippen molar-refractivity contribution in [2.75, 3.05) is 13.1 Å². The maximum absolute atomic E-state index is 13.7. The minimum atomic E-state index is -1.31. The van der Waals surface area contributed by atoms with Gasteiger partial charge in [0.25, 0.3) is 0 Å². The Morgan fingerprint density at radius 3 is 2.15 bits per heavy atom. The van der Waals surface area contributed by atoms with Gasteiger partial charge in [0.05, 0.1) is 6.04 Å². The number of fused-ring (bicyclic) bond motifs is 1. The second-order valence-electron chi connectivity index (χ2n) is 11.3. The van der Waals surface area contributed by atoms with E-state index < -0.39 is 47.9 Å². The second kappa shape index (κ2) is 18.1. The number of nitrogens with one attached hydrogen (secondary N) is 4. The molecule has 47 heavy (non-hydrogen) atoms. The van der Waals surface area contributed by atoms with Crippen molar-refractivity contribution in [1.82, 2.24) is 20.9 Å². The number of phenols is 1. The van der Waals surface area contributed by atoms with E-state index in [2.05, 4.69) is 25.9 Å². The zero-order chi connectivity index (χ0) is 34.3. The number of aliphatic carboxylic acids is 1. The first-order chi connectivity index (χ1) is 22.5. The Kier molecular flexibility index (Phi) is 14.0. The van der Waals surface area contributed by atoms with Gasteiger partial charge in [-0.1, -0.05) is 36.8 Å². The highest BCUT2D eigenvalue weighted by molar-refractivity contribution is 5.94. The van der Waals surface area contributed by atoms with Crippen LogP contribution in [0.1, 0.15) is 43.2 Å². The quantitative estimate of drug-likeness (QED) is 0.0459. The maximum atomic E-state index is 13.7. The predicted molar refractivity (Wildman–Crippen MR) is 178 cm³/mol. The fraction of sp³-hybridized carbons (Fsp3) is 0.406. The van der Waals surface area contributed by atoms with E-state index in [1.54, 1.807) is 18.3 Å². The number of nitrogens with two attached hydrogens (primary N) is 4. The maximum Gasteiger partial charge on any atom is 0.326 e. The number of aromatic nitrogens is 1. The zero-order valence-electron chi connectivity index (χ0n) is 26.2. The van der Waals surface area contributed by atoms with Crippen LogP contribution >= 0.6 is 0 Å². The molecule has 0 radical (unpaired) electrons. The van der Waals surface area contributed by atoms with Gasteiger partial charge in [-0.25, -0.2) is 4.79 Å². The Balaban J connectivity index is 1.81. The van der Waals surface area contributed by atoms with E-state index in [-0.39, 0.29) is 43.9 Å². The third kappa shape index (κ3) is 11.6. The van der Waals surface area contributed by atoms with E-state index in [1.807, 2.05) is 24.3 Å². The van der Waals surface area contributed by atoms with Crippen LogP contribution < -0.4 is 38.9 Å². The first-order valence-electron chi connectivity index (χ1n) is 15.5. The van der Waals surface area contributed by atoms with Gasteiger partial charge in [0, 0.05) is 36.5 Å². The van der Waals surface area contributed by atoms with Crippen molar-refractivity contribution in [2.45, 2.75) is 69.1 Å². The topological polar surface area (TPSA) is 277 Å². The molecule has 0 aliphatic heterocycles. The average Bonchev–Trinajstić information content (AvgIpc) is 3.45. The molecule has 4 atom stereocenters. The number of aromatic hydroxyl groups is 1. The summed E-state index contributed by atoms with van der Waals surface area (Å²) in [5, 5.41) is 28.4. The summed E-state index contributed by atoms with van der Waals surface area (Å²) < 4.78 is 0. The Hall–Kier alpha value is -5.15. The van der Waals surface area contributed by atoms with Crippen LogP contribution in [0.3, 0.4) is 0 Å². The lowest BCUT2D eigenvalue weighted by Crippen LogP contribution is -2.57. The highest BCUT2D eigenvalue weighted by Gasteiger charge is 2.31. The van der Waals surface area contributed by atoms with Gasteiger partial charge < -0.3 is 54.1 Å². The fourth-order valence-electron chi connectivity index (χ4n) is 5.03. The van der Waals surface area contributed by atoms with Crippen LogP contribution in [0, 0.1) is 0 Å². The molecule has 15 heteroatoms. The SMILES string of the molecule is NCCCCC(N)C(=O)NC(Cc1ccc(O)cc1)C(=O)NC(CCCN=C(N)N)C(=O)NC(Cc1c[nH]c2ccccc12)C(=O)O. The van der Waals surface area contributed by atoms with Gasteiger partial charge in [-0.05, 0) is 61.6 Å². The van der Waals surface area contributed by atoms with Crippen LogP contribution in [0.15, 0.2) is 59.7 Å². The number of carbonyl (C=O) groups excluding carboxylic acids is 3. The molecule has 2 aromatic carbocycles. The van der Waals surface area contributed by atoms with Gasteiger partial charge in [0.2, 0.25) is 17.7 Å². The number of guanidine groups is 1. The molecule has 1 heterocycles. The van der Waals surface area contributed by atoms with Crippen molar-refractivity contribution in [2.24, 2.45) is 27.9 Å². The highest BCUT2D eigenvalue weighted by Crippen LogP contribution is 2.19. The number of unbranched alkanes of at least 4 members (excludes halogenated alkanes) is 1. The number of nitrogens with zero attached hydrogens (tertiary/aromatic N) is 1. The molecule has 14 N–H and O–H groups in total. The predicted octanol–water partition coefficient (Wildman–Crippen LogP) is -0.292. The lowest BCUT2D eigenvalue weighted by molar-refractivity contribution is -0.142. The van der Waals surface area contributed by atoms with Crippen LogP contribution in [-0.2, 0) is 32.0 Å². The Labute approximate surface area is 272 Å². The van der Waals surface area contributed by atoms with Crippen molar-refractivity contribution in [3.8, 4) is 5.75 Å². The summed E-state index contributed by atoms with van der Waals surface area (Å²) in [6.45, 7) is 0.613. The molecule has 0 bridgehead atoms. The summed E-state index contributed by atoms with van der Waals surface area (Å²) in [5.74, 6) is -3.35. The van der Waals surface area contributed by atoms with E-state index in [0.717, 1.165) is 10.9 Å². The van der Waals surface area contributed by atoms with Crippen LogP contribution in [0.25, 0.3) is 10.9 Å². The summed E-state index contributed by atoms with van der Waals surface area (Å²) in [6, 6.07) is 8.94. The molecule has 15 nitrogen and oxygen atoms in total. The van der Waals surface area contributed by atoms with Crippen molar-refractivity contribution >= 4 is 40.6 Å². The van der Waals surface area contributed by atoms with Crippen LogP contribution in [0.4, 0.5) is 0 Å². The van der Waals surface area contributed by atoms with Gasteiger partial charge in [-0.15, -0.1) is 0 Å². The molecule has 0 spiro atoms. The Bertz CT molecular complexity index is 1520. The van der Waals surface area contributed by atoms with Crippen LogP contribution in [-0.4, -0.2) is 82.1 Å². The molecule has 3 rings (SSSR count).